The van der Waals surface area contributed by atoms with Gasteiger partial charge in [-0.2, -0.15) is 0 Å². The number of ether oxygens (including phenoxy) is 2. The van der Waals surface area contributed by atoms with Crippen LogP contribution in [-0.4, -0.2) is 62.5 Å². The molecule has 5 heteroatoms. The second-order valence-corrected chi connectivity index (χ2v) is 4.81. The zero-order chi connectivity index (χ0) is 13.5. The van der Waals surface area contributed by atoms with Crippen molar-refractivity contribution < 1.29 is 9.47 Å². The van der Waals surface area contributed by atoms with E-state index in [0.717, 1.165) is 38.4 Å². The normalized spacial score (nSPS) is 23.9. The number of hydrogen-bond acceptors (Lipinski definition) is 5. The summed E-state index contributed by atoms with van der Waals surface area (Å²) in [6.07, 6.45) is 2.21. The molecule has 0 bridgehead atoms. The van der Waals surface area contributed by atoms with Crippen LogP contribution in [0.4, 0.5) is 0 Å². The Morgan fingerprint density at radius 2 is 2.00 bits per heavy atom. The predicted octanol–water partition coefficient (Wildman–Crippen LogP) is 0.517. The number of rotatable bonds is 7. The molecular weight excluding hydrogens is 242 g/mol. The van der Waals surface area contributed by atoms with Gasteiger partial charge in [-0.05, 0) is 12.1 Å². The highest BCUT2D eigenvalue weighted by Crippen LogP contribution is 2.14. The number of hydrogen-bond donors (Lipinski definition) is 1. The lowest BCUT2D eigenvalue weighted by atomic mass is 10.3. The Balaban J connectivity index is 1.64. The van der Waals surface area contributed by atoms with Crippen LogP contribution in [0.25, 0.3) is 0 Å². The summed E-state index contributed by atoms with van der Waals surface area (Å²) in [4.78, 5) is 6.65. The molecule has 0 spiro atoms. The summed E-state index contributed by atoms with van der Waals surface area (Å²) >= 11 is 0. The maximum absolute atomic E-state index is 5.42. The van der Waals surface area contributed by atoms with Gasteiger partial charge in [-0.25, -0.2) is 0 Å². The van der Waals surface area contributed by atoms with E-state index in [-0.39, 0.29) is 12.2 Å². The number of nitrogens with zero attached hydrogens (tertiary/aromatic N) is 2. The summed E-state index contributed by atoms with van der Waals surface area (Å²) in [6.45, 7) is 4.66. The average Bonchev–Trinajstić information content (AvgIpc) is 2.87. The van der Waals surface area contributed by atoms with Crippen molar-refractivity contribution in [3.63, 3.8) is 0 Å². The summed E-state index contributed by atoms with van der Waals surface area (Å²) in [5.74, 6) is 0. The minimum atomic E-state index is 0.195. The lowest BCUT2D eigenvalue weighted by Gasteiger charge is -2.15. The third kappa shape index (κ3) is 4.24. The third-order valence-corrected chi connectivity index (χ3v) is 3.53. The molecule has 0 aliphatic carbocycles. The number of aromatic nitrogens is 1. The van der Waals surface area contributed by atoms with Gasteiger partial charge in [-0.3, -0.25) is 9.88 Å². The summed E-state index contributed by atoms with van der Waals surface area (Å²) in [5, 5.41) is 3.41. The molecule has 1 aromatic rings. The van der Waals surface area contributed by atoms with Gasteiger partial charge in [0.15, 0.2) is 0 Å². The van der Waals surface area contributed by atoms with Crippen molar-refractivity contribution in [3.05, 3.63) is 30.1 Å². The van der Waals surface area contributed by atoms with Crippen molar-refractivity contribution in [1.29, 1.82) is 0 Å². The highest BCUT2D eigenvalue weighted by molar-refractivity contribution is 5.02. The summed E-state index contributed by atoms with van der Waals surface area (Å²) < 4.78 is 10.8. The number of pyridine rings is 1. The number of methoxy groups -OCH3 is 2. The van der Waals surface area contributed by atoms with Crippen LogP contribution in [0.3, 0.4) is 0 Å². The SMILES string of the molecule is COC1CN(CCNCc2ccccn2)CC1OC. The van der Waals surface area contributed by atoms with Crippen LogP contribution in [0, 0.1) is 0 Å². The maximum atomic E-state index is 5.42. The van der Waals surface area contributed by atoms with E-state index in [1.165, 1.54) is 0 Å². The molecule has 0 amide bonds. The molecule has 1 aromatic heterocycles. The molecule has 0 saturated carbocycles. The van der Waals surface area contributed by atoms with Crippen molar-refractivity contribution in [2.24, 2.45) is 0 Å². The molecule has 0 aromatic carbocycles. The molecular formula is C14H23N3O2. The van der Waals surface area contributed by atoms with Crippen molar-refractivity contribution in [3.8, 4) is 0 Å². The van der Waals surface area contributed by atoms with E-state index in [9.17, 15) is 0 Å². The van der Waals surface area contributed by atoms with Crippen LogP contribution < -0.4 is 5.32 Å². The van der Waals surface area contributed by atoms with Crippen molar-refractivity contribution >= 4 is 0 Å². The van der Waals surface area contributed by atoms with Gasteiger partial charge in [0.25, 0.3) is 0 Å². The van der Waals surface area contributed by atoms with E-state index in [2.05, 4.69) is 15.2 Å². The van der Waals surface area contributed by atoms with Gasteiger partial charge >= 0.3 is 0 Å². The largest absolute Gasteiger partial charge is 0.377 e. The van der Waals surface area contributed by atoms with Crippen molar-refractivity contribution in [2.75, 3.05) is 40.4 Å². The van der Waals surface area contributed by atoms with Crippen LogP contribution in [0.1, 0.15) is 5.69 Å². The highest BCUT2D eigenvalue weighted by Gasteiger charge is 2.32. The van der Waals surface area contributed by atoms with E-state index >= 15 is 0 Å². The number of likely N-dealkylation sites (tertiary alicyclic amines) is 1. The van der Waals surface area contributed by atoms with E-state index in [4.69, 9.17) is 9.47 Å². The minimum absolute atomic E-state index is 0.195. The van der Waals surface area contributed by atoms with Gasteiger partial charge in [0.05, 0.1) is 17.9 Å². The molecule has 106 valence electrons. The zero-order valence-corrected chi connectivity index (χ0v) is 11.7. The first kappa shape index (κ1) is 14.4. The van der Waals surface area contributed by atoms with Crippen LogP contribution in [0.5, 0.6) is 0 Å². The molecule has 1 aliphatic rings. The molecule has 1 N–H and O–H groups in total. The zero-order valence-electron chi connectivity index (χ0n) is 11.7. The quantitative estimate of drug-likeness (QED) is 0.728. The molecule has 2 atom stereocenters. The fourth-order valence-electron chi connectivity index (χ4n) is 2.41. The molecule has 1 saturated heterocycles. The molecule has 2 unspecified atom stereocenters. The minimum Gasteiger partial charge on any atom is -0.377 e. The second kappa shape index (κ2) is 7.55. The van der Waals surface area contributed by atoms with Gasteiger partial charge in [0.2, 0.25) is 0 Å². The van der Waals surface area contributed by atoms with Crippen LogP contribution in [0.2, 0.25) is 0 Å². The lowest BCUT2D eigenvalue weighted by molar-refractivity contribution is -0.00461. The van der Waals surface area contributed by atoms with Gasteiger partial charge < -0.3 is 14.8 Å². The average molecular weight is 265 g/mol. The third-order valence-electron chi connectivity index (χ3n) is 3.53. The molecule has 2 heterocycles. The topological polar surface area (TPSA) is 46.6 Å². The Morgan fingerprint density at radius 3 is 2.58 bits per heavy atom. The van der Waals surface area contributed by atoms with Crippen molar-refractivity contribution in [1.82, 2.24) is 15.2 Å². The Labute approximate surface area is 114 Å². The molecule has 5 nitrogen and oxygen atoms in total. The highest BCUT2D eigenvalue weighted by atomic mass is 16.5. The molecule has 1 aliphatic heterocycles. The fourth-order valence-corrected chi connectivity index (χ4v) is 2.41. The smallest absolute Gasteiger partial charge is 0.0971 e. The lowest BCUT2D eigenvalue weighted by Crippen LogP contribution is -2.31. The standard InChI is InChI=1S/C14H23N3O2/c1-18-13-10-17(11-14(13)19-2)8-7-15-9-12-5-3-4-6-16-12/h3-6,13-15H,7-11H2,1-2H3. The summed E-state index contributed by atoms with van der Waals surface area (Å²) in [7, 11) is 3.50. The Hall–Kier alpha value is -1.01. The molecule has 1 fully saturated rings. The Morgan fingerprint density at radius 1 is 1.26 bits per heavy atom. The summed E-state index contributed by atoms with van der Waals surface area (Å²) in [5.41, 5.74) is 1.08. The molecule has 2 rings (SSSR count). The Bertz CT molecular complexity index is 349. The molecule has 0 radical (unpaired) electrons. The monoisotopic (exact) mass is 265 g/mol. The first-order chi connectivity index (χ1) is 9.33. The molecule has 19 heavy (non-hydrogen) atoms. The van der Waals surface area contributed by atoms with Crippen LogP contribution >= 0.6 is 0 Å². The van der Waals surface area contributed by atoms with E-state index in [0.29, 0.717) is 0 Å². The van der Waals surface area contributed by atoms with Gasteiger partial charge in [0, 0.05) is 53.1 Å². The van der Waals surface area contributed by atoms with E-state index in [1.54, 1.807) is 14.2 Å². The van der Waals surface area contributed by atoms with Crippen molar-refractivity contribution in [2.45, 2.75) is 18.8 Å². The van der Waals surface area contributed by atoms with Crippen LogP contribution in [0.15, 0.2) is 24.4 Å². The fraction of sp³-hybridized carbons (Fsp3) is 0.643. The second-order valence-electron chi connectivity index (χ2n) is 4.81. The predicted molar refractivity (Wildman–Crippen MR) is 74.0 cm³/mol. The first-order valence-corrected chi connectivity index (χ1v) is 6.72. The van der Waals surface area contributed by atoms with Gasteiger partial charge in [-0.1, -0.05) is 6.07 Å². The number of nitrogens with one attached hydrogen (secondary N) is 1. The van der Waals surface area contributed by atoms with Crippen LogP contribution in [-0.2, 0) is 16.0 Å². The van der Waals surface area contributed by atoms with Gasteiger partial charge in [-0.15, -0.1) is 0 Å². The Kier molecular flexibility index (Phi) is 5.72. The van der Waals surface area contributed by atoms with Gasteiger partial charge in [0.1, 0.15) is 0 Å². The van der Waals surface area contributed by atoms with E-state index < -0.39 is 0 Å². The first-order valence-electron chi connectivity index (χ1n) is 6.72. The maximum Gasteiger partial charge on any atom is 0.0971 e. The summed E-state index contributed by atoms with van der Waals surface area (Å²) in [6, 6.07) is 5.98. The van der Waals surface area contributed by atoms with E-state index in [1.807, 2.05) is 24.4 Å².